The Hall–Kier alpha value is -1.06. The molecule has 4 nitrogen and oxygen atoms in total. The molecule has 5 aliphatic rings. The summed E-state index contributed by atoms with van der Waals surface area (Å²) in [7, 11) is 0. The SMILES string of the molecule is CC(=O)O[C@@H]1CC[C@]23C[C@]24CC[C@]2(C)[C@@H]([C@H](C)CCC(=O)O)CC[C@@]2(C)[C@@H]4CC[C@H]3[C@@H]1C. The van der Waals surface area contributed by atoms with Gasteiger partial charge >= 0.3 is 11.9 Å². The molecule has 1 N–H and O–H groups in total. The van der Waals surface area contributed by atoms with E-state index in [9.17, 15) is 14.7 Å². The Bertz CT molecular complexity index is 807. The van der Waals surface area contributed by atoms with Crippen molar-refractivity contribution in [1.82, 2.24) is 0 Å². The Kier molecular flexibility index (Phi) is 5.12. The molecule has 5 fully saturated rings. The van der Waals surface area contributed by atoms with Crippen LogP contribution in [0.3, 0.4) is 0 Å². The molecule has 5 saturated carbocycles. The highest BCUT2D eigenvalue weighted by molar-refractivity contribution is 5.66. The normalized spacial score (nSPS) is 52.1. The van der Waals surface area contributed by atoms with Gasteiger partial charge in [0.15, 0.2) is 0 Å². The number of esters is 1. The van der Waals surface area contributed by atoms with Gasteiger partial charge < -0.3 is 9.84 Å². The molecule has 0 heterocycles. The molecule has 0 radical (unpaired) electrons. The fourth-order valence-electron chi connectivity index (χ4n) is 10.9. The molecule has 0 aromatic rings. The summed E-state index contributed by atoms with van der Waals surface area (Å²) in [4.78, 5) is 22.8. The third-order valence-corrected chi connectivity index (χ3v) is 12.5. The van der Waals surface area contributed by atoms with E-state index in [2.05, 4.69) is 27.7 Å². The molecular formula is C28H44O4. The predicted molar refractivity (Wildman–Crippen MR) is 124 cm³/mol. The van der Waals surface area contributed by atoms with Gasteiger partial charge in [0.1, 0.15) is 6.10 Å². The van der Waals surface area contributed by atoms with Gasteiger partial charge in [0.2, 0.25) is 0 Å². The van der Waals surface area contributed by atoms with Crippen LogP contribution in [0, 0.1) is 51.2 Å². The van der Waals surface area contributed by atoms with Gasteiger partial charge in [-0.05, 0) is 115 Å². The summed E-state index contributed by atoms with van der Waals surface area (Å²) in [5, 5.41) is 9.22. The van der Waals surface area contributed by atoms with Crippen molar-refractivity contribution < 1.29 is 19.4 Å². The third-order valence-electron chi connectivity index (χ3n) is 12.5. The summed E-state index contributed by atoms with van der Waals surface area (Å²) in [5.41, 5.74) is 1.76. The van der Waals surface area contributed by atoms with Gasteiger partial charge in [-0.15, -0.1) is 0 Å². The van der Waals surface area contributed by atoms with Gasteiger partial charge in [-0.1, -0.05) is 27.7 Å². The standard InChI is InChI=1S/C28H44O4/c1-17(6-9-24(30)31)20-10-12-26(5)23-8-7-21-18(2)22(32-19(3)29)11-13-27(21)16-28(23,27)15-14-25(20,26)4/h17-18,20-23H,6-16H2,1-5H3,(H,30,31)/t17-,18+,20-,21+,22-,23+,25-,26+,27-,28+/m1/s1. The fraction of sp³-hybridized carbons (Fsp3) is 0.929. The molecule has 10 atom stereocenters. The summed E-state index contributed by atoms with van der Waals surface area (Å²) in [6.07, 6.45) is 12.9. The van der Waals surface area contributed by atoms with E-state index in [4.69, 9.17) is 4.74 Å². The number of aliphatic carboxylic acids is 1. The number of hydrogen-bond acceptors (Lipinski definition) is 3. The summed E-state index contributed by atoms with van der Waals surface area (Å²) >= 11 is 0. The van der Waals surface area contributed by atoms with Crippen molar-refractivity contribution in [3.05, 3.63) is 0 Å². The van der Waals surface area contributed by atoms with Crippen LogP contribution >= 0.6 is 0 Å². The van der Waals surface area contributed by atoms with E-state index in [1.165, 1.54) is 51.4 Å². The number of hydrogen-bond donors (Lipinski definition) is 1. The largest absolute Gasteiger partial charge is 0.481 e. The molecule has 5 aliphatic carbocycles. The van der Waals surface area contributed by atoms with Gasteiger partial charge in [-0.3, -0.25) is 9.59 Å². The van der Waals surface area contributed by atoms with Crippen LogP contribution < -0.4 is 0 Å². The van der Waals surface area contributed by atoms with Crippen LogP contribution in [0.1, 0.15) is 105 Å². The lowest BCUT2D eigenvalue weighted by Crippen LogP contribution is -2.56. The molecule has 0 amide bonds. The number of carbonyl (C=O) groups excluding carboxylic acids is 1. The van der Waals surface area contributed by atoms with Gasteiger partial charge in [0.05, 0.1) is 0 Å². The molecule has 0 aromatic carbocycles. The van der Waals surface area contributed by atoms with Crippen LogP contribution in [-0.4, -0.2) is 23.1 Å². The van der Waals surface area contributed by atoms with Crippen molar-refractivity contribution in [2.45, 2.75) is 111 Å². The number of rotatable bonds is 5. The molecule has 0 saturated heterocycles. The van der Waals surface area contributed by atoms with E-state index >= 15 is 0 Å². The van der Waals surface area contributed by atoms with Crippen LogP contribution in [0.25, 0.3) is 0 Å². The number of fused-ring (bicyclic) bond motifs is 2. The Balaban J connectivity index is 1.38. The summed E-state index contributed by atoms with van der Waals surface area (Å²) in [6.45, 7) is 11.4. The highest BCUT2D eigenvalue weighted by atomic mass is 16.5. The Morgan fingerprint density at radius 1 is 1.00 bits per heavy atom. The maximum Gasteiger partial charge on any atom is 0.303 e. The van der Waals surface area contributed by atoms with Crippen molar-refractivity contribution in [3.63, 3.8) is 0 Å². The number of carboxylic acid groups (broad SMARTS) is 1. The van der Waals surface area contributed by atoms with E-state index in [-0.39, 0.29) is 12.1 Å². The topological polar surface area (TPSA) is 63.6 Å². The molecule has 0 unspecified atom stereocenters. The first-order chi connectivity index (χ1) is 15.0. The average Bonchev–Trinajstić information content (AvgIpc) is 3.31. The molecule has 0 aliphatic heterocycles. The van der Waals surface area contributed by atoms with Gasteiger partial charge in [-0.2, -0.15) is 0 Å². The summed E-state index contributed by atoms with van der Waals surface area (Å²) < 4.78 is 5.75. The second-order valence-corrected chi connectivity index (χ2v) is 13.2. The van der Waals surface area contributed by atoms with Crippen LogP contribution in [-0.2, 0) is 14.3 Å². The monoisotopic (exact) mass is 444 g/mol. The molecule has 4 heteroatoms. The maximum atomic E-state index is 11.7. The fourth-order valence-corrected chi connectivity index (χ4v) is 10.9. The zero-order valence-electron chi connectivity index (χ0n) is 20.9. The molecule has 0 aromatic heterocycles. The van der Waals surface area contributed by atoms with Gasteiger partial charge in [0.25, 0.3) is 0 Å². The number of carboxylic acids is 1. The predicted octanol–water partition coefficient (Wildman–Crippen LogP) is 6.47. The molecule has 32 heavy (non-hydrogen) atoms. The maximum absolute atomic E-state index is 11.7. The van der Waals surface area contributed by atoms with Crippen molar-refractivity contribution in [1.29, 1.82) is 0 Å². The lowest BCUT2D eigenvalue weighted by atomic mass is 9.43. The van der Waals surface area contributed by atoms with E-state index in [1.807, 2.05) is 0 Å². The first-order valence-electron chi connectivity index (χ1n) is 13.4. The van der Waals surface area contributed by atoms with Crippen molar-refractivity contribution in [2.75, 3.05) is 0 Å². The lowest BCUT2D eigenvalue weighted by molar-refractivity contribution is -0.165. The zero-order chi connectivity index (χ0) is 23.1. The Labute approximate surface area is 194 Å². The molecule has 5 rings (SSSR count). The van der Waals surface area contributed by atoms with Crippen molar-refractivity contribution in [3.8, 4) is 0 Å². The average molecular weight is 445 g/mol. The Morgan fingerprint density at radius 2 is 1.75 bits per heavy atom. The van der Waals surface area contributed by atoms with Crippen LogP contribution in [0.2, 0.25) is 0 Å². The molecule has 0 bridgehead atoms. The van der Waals surface area contributed by atoms with Crippen LogP contribution in [0.15, 0.2) is 0 Å². The summed E-state index contributed by atoms with van der Waals surface area (Å²) in [6, 6.07) is 0. The molecule has 2 spiro atoms. The van der Waals surface area contributed by atoms with E-state index < -0.39 is 5.97 Å². The minimum absolute atomic E-state index is 0.118. The van der Waals surface area contributed by atoms with E-state index in [0.717, 1.165) is 24.7 Å². The van der Waals surface area contributed by atoms with E-state index in [1.54, 1.807) is 6.92 Å². The zero-order valence-corrected chi connectivity index (χ0v) is 20.9. The number of carbonyl (C=O) groups is 2. The Morgan fingerprint density at radius 3 is 2.44 bits per heavy atom. The number of ether oxygens (including phenoxy) is 1. The highest BCUT2D eigenvalue weighted by Gasteiger charge is 2.81. The van der Waals surface area contributed by atoms with Crippen molar-refractivity contribution >= 4 is 11.9 Å². The second kappa shape index (κ2) is 7.22. The van der Waals surface area contributed by atoms with Gasteiger partial charge in [-0.25, -0.2) is 0 Å². The second-order valence-electron chi connectivity index (χ2n) is 13.2. The lowest BCUT2D eigenvalue weighted by Gasteiger charge is -2.62. The van der Waals surface area contributed by atoms with Crippen LogP contribution in [0.5, 0.6) is 0 Å². The van der Waals surface area contributed by atoms with Crippen LogP contribution in [0.4, 0.5) is 0 Å². The van der Waals surface area contributed by atoms with Gasteiger partial charge in [0, 0.05) is 13.3 Å². The molecular weight excluding hydrogens is 400 g/mol. The smallest absolute Gasteiger partial charge is 0.303 e. The third kappa shape index (κ3) is 2.79. The summed E-state index contributed by atoms with van der Waals surface area (Å²) in [5.74, 6) is 2.41. The first kappa shape index (κ1) is 22.7. The minimum Gasteiger partial charge on any atom is -0.481 e. The first-order valence-corrected chi connectivity index (χ1v) is 13.4. The highest BCUT2D eigenvalue weighted by Crippen LogP contribution is 2.88. The quantitative estimate of drug-likeness (QED) is 0.494. The minimum atomic E-state index is -0.651. The van der Waals surface area contributed by atoms with E-state index in [0.29, 0.717) is 45.8 Å². The van der Waals surface area contributed by atoms with Crippen molar-refractivity contribution in [2.24, 2.45) is 51.2 Å². The molecule has 180 valence electrons.